The summed E-state index contributed by atoms with van der Waals surface area (Å²) in [6.07, 6.45) is -2.93. The third kappa shape index (κ3) is 3.13. The molecule has 1 aromatic rings. The topological polar surface area (TPSA) is 74.4 Å². The Balaban J connectivity index is 3.28. The molecule has 0 saturated heterocycles. The number of aromatic nitrogens is 1. The Bertz CT molecular complexity index is 439. The summed E-state index contributed by atoms with van der Waals surface area (Å²) in [6.45, 7) is -0.136. The van der Waals surface area contributed by atoms with Crippen LogP contribution in [0.15, 0.2) is 6.07 Å². The molecule has 0 atom stereocenters. The number of carbonyl (C=O) groups is 1. The Kier molecular flexibility index (Phi) is 4.96. The standard InChI is InChI=1S/C11H14F2N2O3/c1-17-9-3-6(11(12)13)7(5-14)8(15-9)4-10(16)18-2/h3,11H,4-5,14H2,1-2H3. The van der Waals surface area contributed by atoms with Gasteiger partial charge in [-0.05, 0) is 5.56 Å². The summed E-state index contributed by atoms with van der Waals surface area (Å²) in [7, 11) is 2.51. The van der Waals surface area contributed by atoms with Gasteiger partial charge in [-0.1, -0.05) is 0 Å². The molecule has 0 unspecified atom stereocenters. The van der Waals surface area contributed by atoms with E-state index in [0.717, 1.165) is 6.07 Å². The Hall–Kier alpha value is -1.76. The maximum absolute atomic E-state index is 12.9. The summed E-state index contributed by atoms with van der Waals surface area (Å²) in [4.78, 5) is 15.2. The van der Waals surface area contributed by atoms with Crippen molar-refractivity contribution in [3.63, 3.8) is 0 Å². The first-order chi connectivity index (χ1) is 8.53. The van der Waals surface area contributed by atoms with Gasteiger partial charge in [0.1, 0.15) is 0 Å². The van der Waals surface area contributed by atoms with Gasteiger partial charge in [-0.15, -0.1) is 0 Å². The minimum Gasteiger partial charge on any atom is -0.481 e. The summed E-state index contributed by atoms with van der Waals surface area (Å²) >= 11 is 0. The number of esters is 1. The van der Waals surface area contributed by atoms with Crippen LogP contribution in [0.1, 0.15) is 23.2 Å². The van der Waals surface area contributed by atoms with E-state index in [1.807, 2.05) is 0 Å². The van der Waals surface area contributed by atoms with E-state index in [4.69, 9.17) is 10.5 Å². The molecule has 0 aliphatic carbocycles. The lowest BCUT2D eigenvalue weighted by Crippen LogP contribution is -2.14. The highest BCUT2D eigenvalue weighted by Gasteiger charge is 2.20. The van der Waals surface area contributed by atoms with Gasteiger partial charge in [0.2, 0.25) is 5.88 Å². The Morgan fingerprint density at radius 2 is 2.17 bits per heavy atom. The lowest BCUT2D eigenvalue weighted by molar-refractivity contribution is -0.139. The molecular weight excluding hydrogens is 246 g/mol. The van der Waals surface area contributed by atoms with Crippen molar-refractivity contribution in [3.8, 4) is 5.88 Å². The van der Waals surface area contributed by atoms with Crippen LogP contribution in [0.4, 0.5) is 8.78 Å². The van der Waals surface area contributed by atoms with Crippen LogP contribution in [0.3, 0.4) is 0 Å². The predicted molar refractivity (Wildman–Crippen MR) is 59.4 cm³/mol. The van der Waals surface area contributed by atoms with Gasteiger partial charge in [0.15, 0.2) is 0 Å². The number of nitrogens with zero attached hydrogens (tertiary/aromatic N) is 1. The van der Waals surface area contributed by atoms with Gasteiger partial charge in [-0.3, -0.25) is 4.79 Å². The summed E-state index contributed by atoms with van der Waals surface area (Å²) in [6, 6.07) is 1.12. The van der Waals surface area contributed by atoms with Gasteiger partial charge in [0, 0.05) is 18.2 Å². The molecule has 5 nitrogen and oxygen atoms in total. The van der Waals surface area contributed by atoms with E-state index in [1.54, 1.807) is 0 Å². The Morgan fingerprint density at radius 3 is 2.61 bits per heavy atom. The molecule has 0 amide bonds. The molecule has 0 aliphatic rings. The first-order valence-electron chi connectivity index (χ1n) is 5.15. The van der Waals surface area contributed by atoms with Crippen LogP contribution in [0.2, 0.25) is 0 Å². The van der Waals surface area contributed by atoms with Gasteiger partial charge < -0.3 is 15.2 Å². The van der Waals surface area contributed by atoms with Crippen molar-refractivity contribution in [2.75, 3.05) is 14.2 Å². The van der Waals surface area contributed by atoms with Crippen LogP contribution < -0.4 is 10.5 Å². The van der Waals surface area contributed by atoms with Crippen molar-refractivity contribution in [1.82, 2.24) is 4.98 Å². The second kappa shape index (κ2) is 6.25. The SMILES string of the molecule is COC(=O)Cc1nc(OC)cc(C(F)F)c1CN. The zero-order valence-corrected chi connectivity index (χ0v) is 10.1. The molecular formula is C11H14F2N2O3. The summed E-state index contributed by atoms with van der Waals surface area (Å²) in [5.41, 5.74) is 5.46. The molecule has 0 spiro atoms. The number of halogens is 2. The molecule has 1 heterocycles. The number of nitrogens with two attached hydrogens (primary N) is 1. The number of ether oxygens (including phenoxy) is 2. The largest absolute Gasteiger partial charge is 0.481 e. The van der Waals surface area contributed by atoms with Crippen LogP contribution in [-0.2, 0) is 22.5 Å². The van der Waals surface area contributed by atoms with E-state index in [1.165, 1.54) is 14.2 Å². The van der Waals surface area contributed by atoms with E-state index in [2.05, 4.69) is 9.72 Å². The molecule has 0 aliphatic heterocycles. The monoisotopic (exact) mass is 260 g/mol. The molecule has 2 N–H and O–H groups in total. The number of alkyl halides is 2. The fraction of sp³-hybridized carbons (Fsp3) is 0.455. The van der Waals surface area contributed by atoms with Crippen molar-refractivity contribution in [2.45, 2.75) is 19.4 Å². The van der Waals surface area contributed by atoms with Crippen molar-refractivity contribution in [2.24, 2.45) is 5.73 Å². The third-order valence-corrected chi connectivity index (χ3v) is 2.41. The molecule has 1 rings (SSSR count). The van der Waals surface area contributed by atoms with E-state index >= 15 is 0 Å². The first kappa shape index (κ1) is 14.3. The summed E-state index contributed by atoms with van der Waals surface area (Å²) < 4.78 is 35.1. The summed E-state index contributed by atoms with van der Waals surface area (Å²) in [5.74, 6) is -0.563. The quantitative estimate of drug-likeness (QED) is 0.805. The fourth-order valence-corrected chi connectivity index (χ4v) is 1.51. The van der Waals surface area contributed by atoms with E-state index in [0.29, 0.717) is 0 Å². The van der Waals surface area contributed by atoms with Crippen LogP contribution in [-0.4, -0.2) is 25.2 Å². The minimum absolute atomic E-state index is 0.0152. The highest BCUT2D eigenvalue weighted by atomic mass is 19.3. The van der Waals surface area contributed by atoms with Crippen molar-refractivity contribution < 1.29 is 23.0 Å². The average Bonchev–Trinajstić information content (AvgIpc) is 2.37. The number of carbonyl (C=O) groups excluding carboxylic acids is 1. The predicted octanol–water partition coefficient (Wildman–Crippen LogP) is 1.20. The molecule has 100 valence electrons. The average molecular weight is 260 g/mol. The highest BCUT2D eigenvalue weighted by molar-refractivity contribution is 5.72. The van der Waals surface area contributed by atoms with Crippen LogP contribution in [0.5, 0.6) is 5.88 Å². The Morgan fingerprint density at radius 1 is 1.50 bits per heavy atom. The molecule has 0 radical (unpaired) electrons. The molecule has 0 saturated carbocycles. The van der Waals surface area contributed by atoms with Crippen molar-refractivity contribution in [1.29, 1.82) is 0 Å². The fourth-order valence-electron chi connectivity index (χ4n) is 1.51. The third-order valence-electron chi connectivity index (χ3n) is 2.41. The van der Waals surface area contributed by atoms with Gasteiger partial charge >= 0.3 is 5.97 Å². The molecule has 18 heavy (non-hydrogen) atoms. The van der Waals surface area contributed by atoms with Crippen molar-refractivity contribution in [3.05, 3.63) is 22.9 Å². The van der Waals surface area contributed by atoms with Crippen molar-refractivity contribution >= 4 is 5.97 Å². The first-order valence-corrected chi connectivity index (χ1v) is 5.15. The number of methoxy groups -OCH3 is 2. The molecule has 0 bridgehead atoms. The minimum atomic E-state index is -2.71. The summed E-state index contributed by atoms with van der Waals surface area (Å²) in [5, 5.41) is 0. The van der Waals surface area contributed by atoms with Gasteiger partial charge in [-0.2, -0.15) is 0 Å². The number of hydrogen-bond donors (Lipinski definition) is 1. The molecule has 0 fully saturated rings. The maximum Gasteiger partial charge on any atom is 0.311 e. The van der Waals surface area contributed by atoms with Crippen LogP contribution in [0.25, 0.3) is 0 Å². The smallest absolute Gasteiger partial charge is 0.311 e. The second-order valence-corrected chi connectivity index (χ2v) is 3.44. The van der Waals surface area contributed by atoms with Crippen LogP contribution in [0, 0.1) is 0 Å². The van der Waals surface area contributed by atoms with E-state index < -0.39 is 12.4 Å². The number of hydrogen-bond acceptors (Lipinski definition) is 5. The Labute approximate surface area is 103 Å². The van der Waals surface area contributed by atoms with Crippen LogP contribution >= 0.6 is 0 Å². The molecule has 7 heteroatoms. The number of pyridine rings is 1. The van der Waals surface area contributed by atoms with E-state index in [-0.39, 0.29) is 35.7 Å². The molecule has 1 aromatic heterocycles. The maximum atomic E-state index is 12.9. The number of rotatable bonds is 5. The second-order valence-electron chi connectivity index (χ2n) is 3.44. The zero-order valence-electron chi connectivity index (χ0n) is 10.1. The normalized spacial score (nSPS) is 10.6. The lowest BCUT2D eigenvalue weighted by atomic mass is 10.0. The zero-order chi connectivity index (χ0) is 13.7. The lowest BCUT2D eigenvalue weighted by Gasteiger charge is -2.13. The van der Waals surface area contributed by atoms with Gasteiger partial charge in [0.25, 0.3) is 6.43 Å². The highest BCUT2D eigenvalue weighted by Crippen LogP contribution is 2.28. The van der Waals surface area contributed by atoms with E-state index in [9.17, 15) is 13.6 Å². The van der Waals surface area contributed by atoms with Gasteiger partial charge in [0.05, 0.1) is 26.3 Å². The molecule has 0 aromatic carbocycles. The van der Waals surface area contributed by atoms with Gasteiger partial charge in [-0.25, -0.2) is 13.8 Å².